The number of aromatic amines is 1. The van der Waals surface area contributed by atoms with Gasteiger partial charge in [0.25, 0.3) is 5.91 Å². The van der Waals surface area contributed by atoms with Gasteiger partial charge in [0.1, 0.15) is 5.69 Å². The highest BCUT2D eigenvalue weighted by atomic mass is 35.5. The molecule has 4 N–H and O–H groups in total. The Morgan fingerprint density at radius 1 is 1.12 bits per heavy atom. The van der Waals surface area contributed by atoms with Crippen LogP contribution in [0.5, 0.6) is 0 Å². The monoisotopic (exact) mass is 350 g/mol. The fourth-order valence-electron chi connectivity index (χ4n) is 2.29. The number of nitrogens with two attached hydrogens (primary N) is 1. The zero-order valence-corrected chi connectivity index (χ0v) is 15.5. The van der Waals surface area contributed by atoms with Gasteiger partial charge in [-0.2, -0.15) is 5.10 Å². The molecule has 0 saturated carbocycles. The number of carbonyl (C=O) groups is 1. The minimum atomic E-state index is -0.233. The molecule has 0 fully saturated rings. The van der Waals surface area contributed by atoms with Gasteiger partial charge >= 0.3 is 0 Å². The smallest absolute Gasteiger partial charge is 0.271 e. The minimum absolute atomic E-state index is 0. The molecule has 132 valence electrons. The maximum Gasteiger partial charge on any atom is 0.271 e. The van der Waals surface area contributed by atoms with E-state index >= 15 is 0 Å². The average Bonchev–Trinajstić information content (AvgIpc) is 3.02. The molecule has 1 unspecified atom stereocenters. The normalized spacial score (nSPS) is 12.1. The van der Waals surface area contributed by atoms with Crippen LogP contribution in [0.4, 0.5) is 0 Å². The van der Waals surface area contributed by atoms with Gasteiger partial charge in [0.15, 0.2) is 0 Å². The molecule has 0 aliphatic carbocycles. The van der Waals surface area contributed by atoms with Gasteiger partial charge in [-0.3, -0.25) is 9.89 Å². The summed E-state index contributed by atoms with van der Waals surface area (Å²) in [5, 5.41) is 9.76. The van der Waals surface area contributed by atoms with E-state index < -0.39 is 0 Å². The van der Waals surface area contributed by atoms with Crippen molar-refractivity contribution in [1.82, 2.24) is 15.5 Å². The first-order chi connectivity index (χ1) is 10.9. The van der Waals surface area contributed by atoms with Crippen LogP contribution in [0.2, 0.25) is 0 Å². The lowest BCUT2D eigenvalue weighted by atomic mass is 9.99. The van der Waals surface area contributed by atoms with E-state index in [0.717, 1.165) is 11.3 Å². The van der Waals surface area contributed by atoms with Gasteiger partial charge in [0.05, 0.1) is 0 Å². The van der Waals surface area contributed by atoms with E-state index in [1.165, 1.54) is 5.56 Å². The van der Waals surface area contributed by atoms with Crippen molar-refractivity contribution >= 4 is 18.3 Å². The number of nitrogens with one attached hydrogen (secondary N) is 2. The Bertz CT molecular complexity index is 649. The van der Waals surface area contributed by atoms with E-state index in [-0.39, 0.29) is 24.4 Å². The molecule has 0 spiro atoms. The van der Waals surface area contributed by atoms with Crippen molar-refractivity contribution in [2.75, 3.05) is 6.54 Å². The highest BCUT2D eigenvalue weighted by Crippen LogP contribution is 2.17. The lowest BCUT2D eigenvalue weighted by Crippen LogP contribution is -2.32. The van der Waals surface area contributed by atoms with Crippen LogP contribution in [-0.4, -0.2) is 22.6 Å². The summed E-state index contributed by atoms with van der Waals surface area (Å²) in [5.74, 6) is 0.600. The average molecular weight is 351 g/mol. The standard InChI is InChI=1S/C18H26N4O.ClH/c1-11(2)13-5-7-14(8-6-13)15(19)10-20-18(23)17-9-16(12(3)4)21-22-17;/h5-9,11-12,15H,10,19H2,1-4H3,(H,20,23)(H,21,22);1H. The van der Waals surface area contributed by atoms with Crippen LogP contribution in [-0.2, 0) is 0 Å². The van der Waals surface area contributed by atoms with Crippen molar-refractivity contribution in [3.63, 3.8) is 0 Å². The van der Waals surface area contributed by atoms with Gasteiger partial charge < -0.3 is 11.1 Å². The van der Waals surface area contributed by atoms with Crippen molar-refractivity contribution < 1.29 is 4.79 Å². The third-order valence-corrected chi connectivity index (χ3v) is 3.97. The van der Waals surface area contributed by atoms with Crippen LogP contribution in [0.15, 0.2) is 30.3 Å². The van der Waals surface area contributed by atoms with Gasteiger partial charge in [-0.15, -0.1) is 12.4 Å². The summed E-state index contributed by atoms with van der Waals surface area (Å²) in [6.07, 6.45) is 0. The van der Waals surface area contributed by atoms with Crippen molar-refractivity contribution in [3.05, 3.63) is 52.8 Å². The number of rotatable bonds is 6. The molecule has 24 heavy (non-hydrogen) atoms. The van der Waals surface area contributed by atoms with Gasteiger partial charge in [0, 0.05) is 18.3 Å². The number of carbonyl (C=O) groups excluding carboxylic acids is 1. The quantitative estimate of drug-likeness (QED) is 0.745. The van der Waals surface area contributed by atoms with E-state index in [2.05, 4.69) is 41.5 Å². The van der Waals surface area contributed by atoms with Crippen LogP contribution >= 0.6 is 12.4 Å². The number of hydrogen-bond donors (Lipinski definition) is 3. The Morgan fingerprint density at radius 3 is 2.21 bits per heavy atom. The Labute approximate surface area is 149 Å². The Morgan fingerprint density at radius 2 is 1.71 bits per heavy atom. The molecule has 2 rings (SSSR count). The third-order valence-electron chi connectivity index (χ3n) is 3.97. The molecule has 2 aromatic rings. The first-order valence-electron chi connectivity index (χ1n) is 8.07. The van der Waals surface area contributed by atoms with Crippen molar-refractivity contribution in [2.45, 2.75) is 45.6 Å². The van der Waals surface area contributed by atoms with E-state index in [1.54, 1.807) is 6.07 Å². The molecule has 5 nitrogen and oxygen atoms in total. The maximum absolute atomic E-state index is 12.1. The largest absolute Gasteiger partial charge is 0.349 e. The Hall–Kier alpha value is -1.85. The van der Waals surface area contributed by atoms with E-state index in [0.29, 0.717) is 24.1 Å². The van der Waals surface area contributed by atoms with Gasteiger partial charge in [-0.25, -0.2) is 0 Å². The number of amides is 1. The molecule has 0 aliphatic heterocycles. The molecular formula is C18H27ClN4O. The van der Waals surface area contributed by atoms with Crippen LogP contribution in [0.25, 0.3) is 0 Å². The summed E-state index contributed by atoms with van der Waals surface area (Å²) in [4.78, 5) is 12.1. The van der Waals surface area contributed by atoms with Crippen LogP contribution in [0.3, 0.4) is 0 Å². The summed E-state index contributed by atoms with van der Waals surface area (Å²) in [5.41, 5.74) is 9.80. The molecule has 1 aromatic heterocycles. The molecule has 0 saturated heterocycles. The van der Waals surface area contributed by atoms with E-state index in [9.17, 15) is 4.79 Å². The fourth-order valence-corrected chi connectivity index (χ4v) is 2.29. The molecule has 1 heterocycles. The molecule has 0 aliphatic rings. The second kappa shape index (κ2) is 8.85. The van der Waals surface area contributed by atoms with Crippen molar-refractivity contribution in [3.8, 4) is 0 Å². The van der Waals surface area contributed by atoms with Crippen LogP contribution in [0, 0.1) is 0 Å². The molecule has 6 heteroatoms. The third kappa shape index (κ3) is 5.08. The van der Waals surface area contributed by atoms with Gasteiger partial charge in [0.2, 0.25) is 0 Å². The van der Waals surface area contributed by atoms with Crippen molar-refractivity contribution in [1.29, 1.82) is 0 Å². The summed E-state index contributed by atoms with van der Waals surface area (Å²) < 4.78 is 0. The number of H-pyrrole nitrogens is 1. The number of halogens is 1. The predicted molar refractivity (Wildman–Crippen MR) is 99.7 cm³/mol. The Balaban J connectivity index is 0.00000288. The molecular weight excluding hydrogens is 324 g/mol. The number of aromatic nitrogens is 2. The summed E-state index contributed by atoms with van der Waals surface area (Å²) in [7, 11) is 0. The SMILES string of the molecule is CC(C)c1ccc(C(N)CNC(=O)c2cc(C(C)C)[nH]n2)cc1.Cl. The highest BCUT2D eigenvalue weighted by molar-refractivity contribution is 5.92. The summed E-state index contributed by atoms with van der Waals surface area (Å²) in [6.45, 7) is 8.79. The second-order valence-corrected chi connectivity index (χ2v) is 6.50. The van der Waals surface area contributed by atoms with Gasteiger partial charge in [-0.05, 0) is 29.0 Å². The predicted octanol–water partition coefficient (Wildman–Crippen LogP) is 3.51. The lowest BCUT2D eigenvalue weighted by molar-refractivity contribution is 0.0946. The number of benzene rings is 1. The lowest BCUT2D eigenvalue weighted by Gasteiger charge is -2.14. The zero-order valence-electron chi connectivity index (χ0n) is 14.7. The first kappa shape index (κ1) is 20.2. The molecule has 1 atom stereocenters. The van der Waals surface area contributed by atoms with Crippen LogP contribution in [0.1, 0.15) is 72.9 Å². The summed E-state index contributed by atoms with van der Waals surface area (Å²) >= 11 is 0. The molecule has 1 aromatic carbocycles. The van der Waals surface area contributed by atoms with Crippen LogP contribution < -0.4 is 11.1 Å². The molecule has 0 bridgehead atoms. The zero-order chi connectivity index (χ0) is 17.0. The molecule has 1 amide bonds. The van der Waals surface area contributed by atoms with Crippen molar-refractivity contribution in [2.24, 2.45) is 5.73 Å². The molecule has 0 radical (unpaired) electrons. The topological polar surface area (TPSA) is 83.8 Å². The first-order valence-corrected chi connectivity index (χ1v) is 8.07. The second-order valence-electron chi connectivity index (χ2n) is 6.50. The highest BCUT2D eigenvalue weighted by Gasteiger charge is 2.14. The fraction of sp³-hybridized carbons (Fsp3) is 0.444. The van der Waals surface area contributed by atoms with E-state index in [4.69, 9.17) is 5.73 Å². The maximum atomic E-state index is 12.1. The van der Waals surface area contributed by atoms with Gasteiger partial charge in [-0.1, -0.05) is 52.0 Å². The van der Waals surface area contributed by atoms with E-state index in [1.807, 2.05) is 26.0 Å². The summed E-state index contributed by atoms with van der Waals surface area (Å²) in [6, 6.07) is 9.77. The number of hydrogen-bond acceptors (Lipinski definition) is 3. The number of nitrogens with zero attached hydrogens (tertiary/aromatic N) is 1. The Kier molecular flexibility index (Phi) is 7.45. The minimum Gasteiger partial charge on any atom is -0.349 e.